The maximum Gasteiger partial charge on any atom is 0.268 e. The molecule has 0 N–H and O–H groups in total. The van der Waals surface area contributed by atoms with Crippen molar-refractivity contribution in [1.29, 1.82) is 0 Å². The molecule has 0 radical (unpaired) electrons. The lowest BCUT2D eigenvalue weighted by Gasteiger charge is -2.37. The first-order valence-electron chi connectivity index (χ1n) is 11.1. The summed E-state index contributed by atoms with van der Waals surface area (Å²) >= 11 is 0. The number of rotatable bonds is 6. The Balaban J connectivity index is 1.41. The number of hydrogen-bond acceptors (Lipinski definition) is 8. The second-order valence-electron chi connectivity index (χ2n) is 7.65. The number of aromatic nitrogens is 4. The molecule has 0 amide bonds. The van der Waals surface area contributed by atoms with Crippen LogP contribution in [0.3, 0.4) is 0 Å². The zero-order chi connectivity index (χ0) is 21.9. The summed E-state index contributed by atoms with van der Waals surface area (Å²) in [5.74, 6) is 2.83. The van der Waals surface area contributed by atoms with Crippen molar-refractivity contribution < 1.29 is 9.15 Å². The van der Waals surface area contributed by atoms with Gasteiger partial charge in [-0.1, -0.05) is 43.3 Å². The molecule has 0 aliphatic carbocycles. The fourth-order valence-electron chi connectivity index (χ4n) is 4.13. The van der Waals surface area contributed by atoms with Crippen LogP contribution in [-0.4, -0.2) is 53.2 Å². The summed E-state index contributed by atoms with van der Waals surface area (Å²) in [4.78, 5) is 4.67. The average Bonchev–Trinajstić information content (AvgIpc) is 3.33. The van der Waals surface area contributed by atoms with Gasteiger partial charge >= 0.3 is 0 Å². The SMILES string of the molecule is CCOc1ccccc1N1CCN(c2nnc(-c3nnc(CC)o3)c3ccccc23)CC1. The molecule has 8 nitrogen and oxygen atoms in total. The van der Waals surface area contributed by atoms with E-state index in [-0.39, 0.29) is 0 Å². The Morgan fingerprint density at radius 3 is 2.28 bits per heavy atom. The third kappa shape index (κ3) is 3.72. The van der Waals surface area contributed by atoms with Crippen LogP contribution >= 0.6 is 0 Å². The lowest BCUT2D eigenvalue weighted by atomic mass is 10.1. The summed E-state index contributed by atoms with van der Waals surface area (Å²) in [6.45, 7) is 8.11. The van der Waals surface area contributed by atoms with Crippen LogP contribution in [-0.2, 0) is 6.42 Å². The summed E-state index contributed by atoms with van der Waals surface area (Å²) in [6, 6.07) is 16.4. The number of nitrogens with zero attached hydrogens (tertiary/aromatic N) is 6. The summed E-state index contributed by atoms with van der Waals surface area (Å²) in [6.07, 6.45) is 0.688. The molecule has 8 heteroatoms. The summed E-state index contributed by atoms with van der Waals surface area (Å²) < 4.78 is 11.6. The number of piperazine rings is 1. The van der Waals surface area contributed by atoms with Gasteiger partial charge in [0.05, 0.1) is 12.3 Å². The van der Waals surface area contributed by atoms with E-state index in [9.17, 15) is 0 Å². The number of anilines is 2. The molecular weight excluding hydrogens is 404 g/mol. The van der Waals surface area contributed by atoms with Gasteiger partial charge in [0.25, 0.3) is 5.89 Å². The third-order valence-corrected chi connectivity index (χ3v) is 5.72. The summed E-state index contributed by atoms with van der Waals surface area (Å²) in [7, 11) is 0. The molecule has 164 valence electrons. The number of fused-ring (bicyclic) bond motifs is 1. The molecule has 0 unspecified atom stereocenters. The van der Waals surface area contributed by atoms with E-state index < -0.39 is 0 Å². The van der Waals surface area contributed by atoms with Crippen LogP contribution in [0.25, 0.3) is 22.4 Å². The molecule has 2 aromatic heterocycles. The van der Waals surface area contributed by atoms with Crippen molar-refractivity contribution >= 4 is 22.3 Å². The van der Waals surface area contributed by atoms with Crippen LogP contribution in [0.2, 0.25) is 0 Å². The number of hydrogen-bond donors (Lipinski definition) is 0. The monoisotopic (exact) mass is 430 g/mol. The van der Waals surface area contributed by atoms with Crippen molar-refractivity contribution in [1.82, 2.24) is 20.4 Å². The minimum atomic E-state index is 0.412. The molecule has 1 fully saturated rings. The van der Waals surface area contributed by atoms with E-state index in [4.69, 9.17) is 9.15 Å². The van der Waals surface area contributed by atoms with Gasteiger partial charge in [0.2, 0.25) is 5.89 Å². The summed E-state index contributed by atoms with van der Waals surface area (Å²) in [5, 5.41) is 19.3. The molecule has 1 saturated heterocycles. The van der Waals surface area contributed by atoms with Gasteiger partial charge in [0.15, 0.2) is 11.5 Å². The Morgan fingerprint density at radius 2 is 1.53 bits per heavy atom. The molecule has 2 aromatic carbocycles. The molecule has 1 aliphatic rings. The smallest absolute Gasteiger partial charge is 0.268 e. The van der Waals surface area contributed by atoms with Crippen molar-refractivity contribution in [3.63, 3.8) is 0 Å². The van der Waals surface area contributed by atoms with Crippen LogP contribution in [0.5, 0.6) is 5.75 Å². The summed E-state index contributed by atoms with van der Waals surface area (Å²) in [5.41, 5.74) is 1.77. The molecule has 0 bridgehead atoms. The Bertz CT molecular complexity index is 1220. The molecule has 5 rings (SSSR count). The van der Waals surface area contributed by atoms with Crippen molar-refractivity contribution in [3.05, 3.63) is 54.4 Å². The predicted octanol–water partition coefficient (Wildman–Crippen LogP) is 3.97. The van der Waals surface area contributed by atoms with Crippen LogP contribution in [0.4, 0.5) is 11.5 Å². The molecule has 32 heavy (non-hydrogen) atoms. The molecule has 1 aliphatic heterocycles. The van der Waals surface area contributed by atoms with Gasteiger partial charge in [-0.3, -0.25) is 0 Å². The first kappa shape index (κ1) is 20.2. The molecule has 0 saturated carbocycles. The number of aryl methyl sites for hydroxylation is 1. The van der Waals surface area contributed by atoms with E-state index in [1.165, 1.54) is 0 Å². The molecule has 3 heterocycles. The van der Waals surface area contributed by atoms with Crippen molar-refractivity contribution in [2.75, 3.05) is 42.6 Å². The Hall–Kier alpha value is -3.68. The van der Waals surface area contributed by atoms with E-state index in [0.717, 1.165) is 54.2 Å². The van der Waals surface area contributed by atoms with Gasteiger partial charge in [-0.25, -0.2) is 0 Å². The van der Waals surface area contributed by atoms with Crippen LogP contribution in [0.1, 0.15) is 19.7 Å². The van der Waals surface area contributed by atoms with E-state index in [1.807, 2.05) is 44.2 Å². The zero-order valence-electron chi connectivity index (χ0n) is 18.4. The molecule has 0 atom stereocenters. The van der Waals surface area contributed by atoms with Gasteiger partial charge in [0, 0.05) is 43.4 Å². The van der Waals surface area contributed by atoms with Crippen molar-refractivity contribution in [3.8, 4) is 17.3 Å². The average molecular weight is 431 g/mol. The highest BCUT2D eigenvalue weighted by molar-refractivity contribution is 5.99. The maximum absolute atomic E-state index is 5.83. The zero-order valence-corrected chi connectivity index (χ0v) is 18.4. The largest absolute Gasteiger partial charge is 0.492 e. The lowest BCUT2D eigenvalue weighted by Crippen LogP contribution is -2.47. The van der Waals surface area contributed by atoms with Gasteiger partial charge in [0.1, 0.15) is 5.75 Å². The first-order chi connectivity index (χ1) is 15.8. The Kier molecular flexibility index (Phi) is 5.58. The highest BCUT2D eigenvalue weighted by Gasteiger charge is 2.24. The normalized spacial score (nSPS) is 14.2. The Morgan fingerprint density at radius 1 is 0.812 bits per heavy atom. The first-order valence-corrected chi connectivity index (χ1v) is 11.1. The highest BCUT2D eigenvalue weighted by Crippen LogP contribution is 2.33. The van der Waals surface area contributed by atoms with E-state index >= 15 is 0 Å². The maximum atomic E-state index is 5.83. The highest BCUT2D eigenvalue weighted by atomic mass is 16.5. The fraction of sp³-hybridized carbons (Fsp3) is 0.333. The topological polar surface area (TPSA) is 80.4 Å². The van der Waals surface area contributed by atoms with Gasteiger partial charge in [-0.2, -0.15) is 0 Å². The molecule has 4 aromatic rings. The number of ether oxygens (including phenoxy) is 1. The standard InChI is InChI=1S/C24H26N6O2/c1-3-21-25-28-24(32-21)22-17-9-5-6-10-18(17)23(27-26-22)30-15-13-29(14-16-30)19-11-7-8-12-20(19)31-4-2/h5-12H,3-4,13-16H2,1-2H3. The van der Waals surface area contributed by atoms with Crippen LogP contribution < -0.4 is 14.5 Å². The minimum absolute atomic E-state index is 0.412. The molecular formula is C24H26N6O2. The number of para-hydroxylation sites is 2. The van der Waals surface area contributed by atoms with Crippen LogP contribution in [0, 0.1) is 0 Å². The number of benzene rings is 2. The Labute approximate surface area is 186 Å². The fourth-order valence-corrected chi connectivity index (χ4v) is 4.13. The van der Waals surface area contributed by atoms with E-state index in [2.05, 4.69) is 48.4 Å². The molecule has 0 spiro atoms. The van der Waals surface area contributed by atoms with Gasteiger partial charge < -0.3 is 19.0 Å². The third-order valence-electron chi connectivity index (χ3n) is 5.72. The predicted molar refractivity (Wildman–Crippen MR) is 124 cm³/mol. The van der Waals surface area contributed by atoms with Gasteiger partial charge in [-0.15, -0.1) is 20.4 Å². The lowest BCUT2D eigenvalue weighted by molar-refractivity contribution is 0.340. The van der Waals surface area contributed by atoms with Crippen LogP contribution in [0.15, 0.2) is 52.9 Å². The van der Waals surface area contributed by atoms with E-state index in [1.54, 1.807) is 0 Å². The second kappa shape index (κ2) is 8.82. The minimum Gasteiger partial charge on any atom is -0.492 e. The van der Waals surface area contributed by atoms with Crippen molar-refractivity contribution in [2.24, 2.45) is 0 Å². The van der Waals surface area contributed by atoms with Gasteiger partial charge in [-0.05, 0) is 19.1 Å². The van der Waals surface area contributed by atoms with Crippen molar-refractivity contribution in [2.45, 2.75) is 20.3 Å². The van der Waals surface area contributed by atoms with E-state index in [0.29, 0.717) is 30.5 Å². The second-order valence-corrected chi connectivity index (χ2v) is 7.65. The quantitative estimate of drug-likeness (QED) is 0.455.